The van der Waals surface area contributed by atoms with Crippen LogP contribution in [0.25, 0.3) is 0 Å². The first-order chi connectivity index (χ1) is 8.60. The number of aromatic nitrogens is 1. The van der Waals surface area contributed by atoms with E-state index >= 15 is 0 Å². The molecule has 1 aromatic heterocycles. The fourth-order valence-corrected chi connectivity index (χ4v) is 1.51. The normalized spacial score (nSPS) is 10.7. The highest BCUT2D eigenvalue weighted by Crippen LogP contribution is 2.19. The summed E-state index contributed by atoms with van der Waals surface area (Å²) in [4.78, 5) is 15.3. The lowest BCUT2D eigenvalue weighted by atomic mass is 10.1. The van der Waals surface area contributed by atoms with Crippen LogP contribution in [0.2, 0.25) is 0 Å². The van der Waals surface area contributed by atoms with Crippen molar-refractivity contribution in [3.63, 3.8) is 0 Å². The zero-order valence-electron chi connectivity index (χ0n) is 10.3. The van der Waals surface area contributed by atoms with Crippen molar-refractivity contribution in [2.45, 2.75) is 19.3 Å². The second kappa shape index (κ2) is 7.00. The second-order valence-electron chi connectivity index (χ2n) is 3.62. The van der Waals surface area contributed by atoms with Crippen LogP contribution in [0.4, 0.5) is 8.78 Å². The van der Waals surface area contributed by atoms with Crippen molar-refractivity contribution in [2.24, 2.45) is 0 Å². The van der Waals surface area contributed by atoms with Crippen molar-refractivity contribution in [1.82, 2.24) is 4.98 Å². The molecule has 6 heteroatoms. The van der Waals surface area contributed by atoms with Gasteiger partial charge in [0, 0.05) is 13.7 Å². The highest BCUT2D eigenvalue weighted by molar-refractivity contribution is 5.90. The topological polar surface area (TPSA) is 48.4 Å². The maximum Gasteiger partial charge on any atom is 0.339 e. The maximum absolute atomic E-state index is 12.5. The van der Waals surface area contributed by atoms with Gasteiger partial charge in [0.2, 0.25) is 0 Å². The van der Waals surface area contributed by atoms with Gasteiger partial charge in [0.05, 0.1) is 18.4 Å². The van der Waals surface area contributed by atoms with Gasteiger partial charge in [-0.1, -0.05) is 0 Å². The van der Waals surface area contributed by atoms with Gasteiger partial charge in [-0.15, -0.1) is 0 Å². The molecule has 0 bridgehead atoms. The quantitative estimate of drug-likeness (QED) is 0.581. The molecule has 0 amide bonds. The number of esters is 1. The van der Waals surface area contributed by atoms with Crippen LogP contribution in [0.15, 0.2) is 12.1 Å². The molecule has 0 atom stereocenters. The number of alkyl halides is 2. The van der Waals surface area contributed by atoms with Gasteiger partial charge < -0.3 is 9.47 Å². The molecule has 0 aromatic carbocycles. The molecular formula is C12H15F2NO3. The summed E-state index contributed by atoms with van der Waals surface area (Å²) in [5.74, 6) is -0.573. The van der Waals surface area contributed by atoms with Gasteiger partial charge in [-0.05, 0) is 25.0 Å². The Morgan fingerprint density at radius 2 is 2.11 bits per heavy atom. The van der Waals surface area contributed by atoms with Gasteiger partial charge in [-0.3, -0.25) is 4.98 Å². The molecule has 0 N–H and O–H groups in total. The zero-order valence-corrected chi connectivity index (χ0v) is 10.3. The van der Waals surface area contributed by atoms with Gasteiger partial charge in [0.1, 0.15) is 5.69 Å². The van der Waals surface area contributed by atoms with Crippen LogP contribution in [0.1, 0.15) is 34.6 Å². The number of pyridine rings is 1. The molecule has 0 saturated heterocycles. The number of methoxy groups -OCH3 is 2. The van der Waals surface area contributed by atoms with E-state index in [1.807, 2.05) is 0 Å². The van der Waals surface area contributed by atoms with Crippen LogP contribution in [0.5, 0.6) is 0 Å². The van der Waals surface area contributed by atoms with E-state index in [1.54, 1.807) is 7.11 Å². The van der Waals surface area contributed by atoms with Crippen LogP contribution < -0.4 is 0 Å². The number of hydrogen-bond acceptors (Lipinski definition) is 4. The van der Waals surface area contributed by atoms with E-state index in [1.165, 1.54) is 13.2 Å². The van der Waals surface area contributed by atoms with E-state index in [0.717, 1.165) is 6.07 Å². The summed E-state index contributed by atoms with van der Waals surface area (Å²) in [6.45, 7) is 0.473. The monoisotopic (exact) mass is 259 g/mol. The number of rotatable bonds is 6. The molecule has 18 heavy (non-hydrogen) atoms. The summed E-state index contributed by atoms with van der Waals surface area (Å²) in [5.41, 5.74) is 0.199. The molecule has 0 radical (unpaired) electrons. The summed E-state index contributed by atoms with van der Waals surface area (Å²) in [7, 11) is 2.78. The number of aryl methyl sites for hydroxylation is 1. The first-order valence-corrected chi connectivity index (χ1v) is 5.45. The Balaban J connectivity index is 2.98. The van der Waals surface area contributed by atoms with Crippen molar-refractivity contribution >= 4 is 5.97 Å². The van der Waals surface area contributed by atoms with Crippen molar-refractivity contribution in [3.05, 3.63) is 29.1 Å². The van der Waals surface area contributed by atoms with Gasteiger partial charge in [-0.2, -0.15) is 0 Å². The Morgan fingerprint density at radius 3 is 2.67 bits per heavy atom. The van der Waals surface area contributed by atoms with Gasteiger partial charge in [-0.25, -0.2) is 13.6 Å². The van der Waals surface area contributed by atoms with Gasteiger partial charge in [0.15, 0.2) is 0 Å². The molecule has 1 rings (SSSR count). The molecule has 0 unspecified atom stereocenters. The molecule has 0 saturated carbocycles. The fraction of sp³-hybridized carbons (Fsp3) is 0.500. The van der Waals surface area contributed by atoms with E-state index in [9.17, 15) is 13.6 Å². The first kappa shape index (κ1) is 14.5. The molecular weight excluding hydrogens is 244 g/mol. The molecule has 0 aliphatic heterocycles. The van der Waals surface area contributed by atoms with E-state index in [0.29, 0.717) is 25.1 Å². The van der Waals surface area contributed by atoms with Crippen LogP contribution >= 0.6 is 0 Å². The average molecular weight is 259 g/mol. The summed E-state index contributed by atoms with van der Waals surface area (Å²) in [6, 6.07) is 2.46. The third kappa shape index (κ3) is 3.73. The van der Waals surface area contributed by atoms with Crippen molar-refractivity contribution in [2.75, 3.05) is 20.8 Å². The lowest BCUT2D eigenvalue weighted by Crippen LogP contribution is -2.10. The number of carbonyl (C=O) groups excluding carboxylic acids is 1. The summed E-state index contributed by atoms with van der Waals surface area (Å²) in [6.07, 6.45) is -1.67. The molecule has 1 aromatic rings. The Bertz CT molecular complexity index is 410. The van der Waals surface area contributed by atoms with Crippen LogP contribution in [0.3, 0.4) is 0 Å². The minimum atomic E-state index is -2.65. The molecule has 100 valence electrons. The maximum atomic E-state index is 12.5. The highest BCUT2D eigenvalue weighted by Gasteiger charge is 2.17. The Labute approximate surface area is 104 Å². The summed E-state index contributed by atoms with van der Waals surface area (Å²) in [5, 5.41) is 0. The summed E-state index contributed by atoms with van der Waals surface area (Å²) >= 11 is 0. The number of carbonyl (C=O) groups is 1. The van der Waals surface area contributed by atoms with Crippen molar-refractivity contribution < 1.29 is 23.0 Å². The number of nitrogens with zero attached hydrogens (tertiary/aromatic N) is 1. The Kier molecular flexibility index (Phi) is 5.64. The lowest BCUT2D eigenvalue weighted by molar-refractivity contribution is 0.0598. The largest absolute Gasteiger partial charge is 0.465 e. The molecule has 0 aliphatic rings. The molecule has 1 heterocycles. The number of hydrogen-bond donors (Lipinski definition) is 0. The van der Waals surface area contributed by atoms with Crippen LogP contribution in [-0.2, 0) is 15.9 Å². The van der Waals surface area contributed by atoms with Crippen LogP contribution in [0, 0.1) is 0 Å². The van der Waals surface area contributed by atoms with Crippen molar-refractivity contribution in [1.29, 1.82) is 0 Å². The first-order valence-electron chi connectivity index (χ1n) is 5.45. The molecule has 4 nitrogen and oxygen atoms in total. The van der Waals surface area contributed by atoms with E-state index in [4.69, 9.17) is 4.74 Å². The predicted molar refractivity (Wildman–Crippen MR) is 60.7 cm³/mol. The Hall–Kier alpha value is -1.56. The third-order valence-corrected chi connectivity index (χ3v) is 2.39. The van der Waals surface area contributed by atoms with Gasteiger partial charge >= 0.3 is 5.97 Å². The fourth-order valence-electron chi connectivity index (χ4n) is 1.51. The average Bonchev–Trinajstić information content (AvgIpc) is 2.38. The zero-order chi connectivity index (χ0) is 13.5. The smallest absolute Gasteiger partial charge is 0.339 e. The van der Waals surface area contributed by atoms with E-state index in [-0.39, 0.29) is 11.3 Å². The van der Waals surface area contributed by atoms with Gasteiger partial charge in [0.25, 0.3) is 6.43 Å². The number of halogens is 2. The minimum absolute atomic E-state index is 0.220. The lowest BCUT2D eigenvalue weighted by Gasteiger charge is -2.09. The van der Waals surface area contributed by atoms with E-state index in [2.05, 4.69) is 9.72 Å². The van der Waals surface area contributed by atoms with Crippen LogP contribution in [-0.4, -0.2) is 31.8 Å². The standard InChI is InChI=1S/C12H15F2NO3/c1-17-7-3-4-9-8(12(16)18-2)5-6-10(15-9)11(13)14/h5-6,11H,3-4,7H2,1-2H3. The summed E-state index contributed by atoms with van der Waals surface area (Å²) < 4.78 is 34.6. The molecule has 0 spiro atoms. The van der Waals surface area contributed by atoms with Crippen molar-refractivity contribution in [3.8, 4) is 0 Å². The molecule has 0 aliphatic carbocycles. The number of ether oxygens (including phenoxy) is 2. The highest BCUT2D eigenvalue weighted by atomic mass is 19.3. The Morgan fingerprint density at radius 1 is 1.39 bits per heavy atom. The van der Waals surface area contributed by atoms with E-state index < -0.39 is 12.4 Å². The minimum Gasteiger partial charge on any atom is -0.465 e. The third-order valence-electron chi connectivity index (χ3n) is 2.39. The molecule has 0 fully saturated rings. The predicted octanol–water partition coefficient (Wildman–Crippen LogP) is 2.38. The second-order valence-corrected chi connectivity index (χ2v) is 3.62. The SMILES string of the molecule is COCCCc1nc(C(F)F)ccc1C(=O)OC.